The normalized spacial score (nSPS) is 11.4. The first-order valence-corrected chi connectivity index (χ1v) is 4.95. The van der Waals surface area contributed by atoms with Crippen LogP contribution in [0.15, 0.2) is 23.0 Å². The Balaban J connectivity index is 2.43. The fourth-order valence-corrected chi connectivity index (χ4v) is 0.957. The van der Waals surface area contributed by atoms with Gasteiger partial charge in [0, 0.05) is 12.4 Å². The summed E-state index contributed by atoms with van der Waals surface area (Å²) in [6.45, 7) is 4.55. The highest BCUT2D eigenvalue weighted by molar-refractivity contribution is 6.18. The minimum absolute atomic E-state index is 0.0824. The van der Waals surface area contributed by atoms with Gasteiger partial charge in [0.05, 0.1) is 11.8 Å². The molecule has 0 radical (unpaired) electrons. The molecule has 0 fully saturated rings. The van der Waals surface area contributed by atoms with Gasteiger partial charge >= 0.3 is 0 Å². The third-order valence-electron chi connectivity index (χ3n) is 1.87. The minimum Gasteiger partial charge on any atom is -0.472 e. The molecule has 0 bridgehead atoms. The molecule has 1 heterocycles. The van der Waals surface area contributed by atoms with Crippen LogP contribution in [0.1, 0.15) is 24.2 Å². The van der Waals surface area contributed by atoms with Gasteiger partial charge in [0.2, 0.25) is 0 Å². The topological polar surface area (TPSA) is 42.2 Å². The molecule has 3 nitrogen and oxygen atoms in total. The molecule has 0 aliphatic heterocycles. The Kier molecular flexibility index (Phi) is 3.58. The maximum Gasteiger partial charge on any atom is 0.254 e. The lowest BCUT2D eigenvalue weighted by molar-refractivity contribution is 0.0939. The van der Waals surface area contributed by atoms with Crippen LogP contribution in [-0.2, 0) is 0 Å². The van der Waals surface area contributed by atoms with Gasteiger partial charge in [0.15, 0.2) is 0 Å². The summed E-state index contributed by atoms with van der Waals surface area (Å²) in [6.07, 6.45) is 2.89. The van der Waals surface area contributed by atoms with E-state index in [1.807, 2.05) is 13.8 Å². The Labute approximate surface area is 88.4 Å². The highest BCUT2D eigenvalue weighted by Gasteiger charge is 2.18. The van der Waals surface area contributed by atoms with Crippen molar-refractivity contribution in [1.29, 1.82) is 0 Å². The van der Waals surface area contributed by atoms with Crippen molar-refractivity contribution in [3.8, 4) is 0 Å². The zero-order valence-corrected chi connectivity index (χ0v) is 9.10. The average molecular weight is 216 g/mol. The van der Waals surface area contributed by atoms with Gasteiger partial charge in [0.1, 0.15) is 6.26 Å². The van der Waals surface area contributed by atoms with Crippen molar-refractivity contribution >= 4 is 17.5 Å². The minimum atomic E-state index is -0.128. The van der Waals surface area contributed by atoms with E-state index in [0.717, 1.165) is 0 Å². The average Bonchev–Trinajstić information content (AvgIpc) is 2.67. The fraction of sp³-hybridized carbons (Fsp3) is 0.500. The van der Waals surface area contributed by atoms with Crippen LogP contribution in [0.2, 0.25) is 0 Å². The van der Waals surface area contributed by atoms with E-state index < -0.39 is 0 Å². The molecule has 0 aliphatic carbocycles. The number of nitrogens with one attached hydrogen (secondary N) is 1. The molecule has 1 aromatic heterocycles. The molecule has 0 saturated heterocycles. The summed E-state index contributed by atoms with van der Waals surface area (Å²) in [6, 6.07) is 1.63. The molecular formula is C10H14ClNO2. The zero-order chi connectivity index (χ0) is 10.6. The van der Waals surface area contributed by atoms with E-state index in [1.165, 1.54) is 12.5 Å². The quantitative estimate of drug-likeness (QED) is 0.783. The number of hydrogen-bond acceptors (Lipinski definition) is 2. The summed E-state index contributed by atoms with van der Waals surface area (Å²) in [4.78, 5) is 11.5. The van der Waals surface area contributed by atoms with Gasteiger partial charge in [0.25, 0.3) is 5.91 Å². The van der Waals surface area contributed by atoms with Gasteiger partial charge in [-0.3, -0.25) is 4.79 Å². The van der Waals surface area contributed by atoms with Crippen molar-refractivity contribution in [1.82, 2.24) is 5.32 Å². The van der Waals surface area contributed by atoms with Crippen LogP contribution in [0.25, 0.3) is 0 Å². The Morgan fingerprint density at radius 2 is 2.36 bits per heavy atom. The largest absolute Gasteiger partial charge is 0.472 e. The molecule has 0 spiro atoms. The van der Waals surface area contributed by atoms with Crippen molar-refractivity contribution in [2.75, 3.05) is 12.4 Å². The fourth-order valence-electron chi connectivity index (χ4n) is 0.863. The van der Waals surface area contributed by atoms with Crippen LogP contribution in [-0.4, -0.2) is 18.3 Å². The Morgan fingerprint density at radius 3 is 2.86 bits per heavy atom. The molecule has 1 amide bonds. The van der Waals surface area contributed by atoms with Gasteiger partial charge in [-0.2, -0.15) is 0 Å². The van der Waals surface area contributed by atoms with Crippen LogP contribution in [0.3, 0.4) is 0 Å². The Bertz CT molecular complexity index is 293. The molecule has 1 aromatic rings. The van der Waals surface area contributed by atoms with Crippen molar-refractivity contribution < 1.29 is 9.21 Å². The molecule has 0 unspecified atom stereocenters. The van der Waals surface area contributed by atoms with Crippen molar-refractivity contribution in [3.63, 3.8) is 0 Å². The second-order valence-corrected chi connectivity index (χ2v) is 4.26. The maximum atomic E-state index is 11.5. The van der Waals surface area contributed by atoms with Gasteiger partial charge < -0.3 is 9.73 Å². The van der Waals surface area contributed by atoms with E-state index in [4.69, 9.17) is 16.0 Å². The van der Waals surface area contributed by atoms with Crippen LogP contribution in [0, 0.1) is 5.41 Å². The molecule has 0 aliphatic rings. The molecule has 14 heavy (non-hydrogen) atoms. The van der Waals surface area contributed by atoms with Crippen LogP contribution in [0.4, 0.5) is 0 Å². The number of halogens is 1. The zero-order valence-electron chi connectivity index (χ0n) is 8.34. The molecule has 0 atom stereocenters. The molecule has 1 rings (SSSR count). The van der Waals surface area contributed by atoms with Crippen LogP contribution in [0.5, 0.6) is 0 Å². The second-order valence-electron chi connectivity index (χ2n) is 3.99. The van der Waals surface area contributed by atoms with Crippen molar-refractivity contribution in [2.45, 2.75) is 13.8 Å². The number of carbonyl (C=O) groups is 1. The lowest BCUT2D eigenvalue weighted by Crippen LogP contribution is -2.34. The highest BCUT2D eigenvalue weighted by atomic mass is 35.5. The summed E-state index contributed by atoms with van der Waals surface area (Å²) >= 11 is 5.73. The molecule has 1 N–H and O–H groups in total. The second kappa shape index (κ2) is 4.51. The number of alkyl halides is 1. The lowest BCUT2D eigenvalue weighted by Gasteiger charge is -2.21. The number of carbonyl (C=O) groups excluding carboxylic acids is 1. The number of hydrogen-bond donors (Lipinski definition) is 1. The summed E-state index contributed by atoms with van der Waals surface area (Å²) in [7, 11) is 0. The lowest BCUT2D eigenvalue weighted by atomic mass is 9.96. The molecule has 4 heteroatoms. The van der Waals surface area contributed by atoms with Crippen LogP contribution < -0.4 is 5.32 Å². The van der Waals surface area contributed by atoms with E-state index in [9.17, 15) is 4.79 Å². The maximum absolute atomic E-state index is 11.5. The molecular weight excluding hydrogens is 202 g/mol. The van der Waals surface area contributed by atoms with Gasteiger partial charge in [-0.05, 0) is 11.5 Å². The third kappa shape index (κ3) is 3.07. The van der Waals surface area contributed by atoms with Gasteiger partial charge in [-0.25, -0.2) is 0 Å². The standard InChI is InChI=1S/C10H14ClNO2/c1-10(2,6-11)7-12-9(13)8-3-4-14-5-8/h3-5H,6-7H2,1-2H3,(H,12,13). The van der Waals surface area contributed by atoms with Crippen molar-refractivity contribution in [3.05, 3.63) is 24.2 Å². The highest BCUT2D eigenvalue weighted by Crippen LogP contribution is 2.15. The van der Waals surface area contributed by atoms with E-state index in [2.05, 4.69) is 5.32 Å². The first-order chi connectivity index (χ1) is 6.55. The Morgan fingerprint density at radius 1 is 1.64 bits per heavy atom. The summed E-state index contributed by atoms with van der Waals surface area (Å²) in [5, 5.41) is 2.79. The molecule has 0 aromatic carbocycles. The van der Waals surface area contributed by atoms with Crippen molar-refractivity contribution in [2.24, 2.45) is 5.41 Å². The predicted octanol–water partition coefficient (Wildman–Crippen LogP) is 2.27. The monoisotopic (exact) mass is 215 g/mol. The smallest absolute Gasteiger partial charge is 0.254 e. The summed E-state index contributed by atoms with van der Waals surface area (Å²) < 4.78 is 4.81. The first-order valence-electron chi connectivity index (χ1n) is 4.41. The van der Waals surface area contributed by atoms with E-state index in [1.54, 1.807) is 6.07 Å². The van der Waals surface area contributed by atoms with E-state index in [0.29, 0.717) is 18.0 Å². The predicted molar refractivity (Wildman–Crippen MR) is 55.5 cm³/mol. The Hall–Kier alpha value is -0.960. The number of rotatable bonds is 4. The van der Waals surface area contributed by atoms with Gasteiger partial charge in [-0.1, -0.05) is 13.8 Å². The third-order valence-corrected chi connectivity index (χ3v) is 2.60. The summed E-state index contributed by atoms with van der Waals surface area (Å²) in [5.74, 6) is 0.385. The number of furan rings is 1. The molecule has 0 saturated carbocycles. The number of amides is 1. The molecule has 78 valence electrons. The summed E-state index contributed by atoms with van der Waals surface area (Å²) in [5.41, 5.74) is 0.455. The van der Waals surface area contributed by atoms with E-state index in [-0.39, 0.29) is 11.3 Å². The first kappa shape index (κ1) is 11.1. The van der Waals surface area contributed by atoms with E-state index >= 15 is 0 Å². The van der Waals surface area contributed by atoms with Gasteiger partial charge in [-0.15, -0.1) is 11.6 Å². The van der Waals surface area contributed by atoms with Crippen LogP contribution >= 0.6 is 11.6 Å². The SMILES string of the molecule is CC(C)(CCl)CNC(=O)c1ccoc1.